The summed E-state index contributed by atoms with van der Waals surface area (Å²) in [5.41, 5.74) is 7.79. The first kappa shape index (κ1) is 9.00. The van der Waals surface area contributed by atoms with Crippen LogP contribution in [0.25, 0.3) is 0 Å². The van der Waals surface area contributed by atoms with Crippen molar-refractivity contribution in [2.75, 3.05) is 19.8 Å². The summed E-state index contributed by atoms with van der Waals surface area (Å²) in [5, 5.41) is 0. The maximum absolute atomic E-state index is 5.73. The van der Waals surface area contributed by atoms with E-state index < -0.39 is 0 Å². The van der Waals surface area contributed by atoms with Crippen molar-refractivity contribution >= 4 is 5.82 Å². The van der Waals surface area contributed by atoms with Gasteiger partial charge in [0.25, 0.3) is 0 Å². The van der Waals surface area contributed by atoms with Gasteiger partial charge in [-0.25, -0.2) is 4.98 Å². The number of aryl methyl sites for hydroxylation is 1. The van der Waals surface area contributed by atoms with Gasteiger partial charge in [0.2, 0.25) is 0 Å². The number of nitrogens with zero attached hydrogens (tertiary/aromatic N) is 2. The Morgan fingerprint density at radius 2 is 2.08 bits per heavy atom. The Kier molecular flexibility index (Phi) is 2.65. The van der Waals surface area contributed by atoms with Crippen LogP contribution in [0, 0.1) is 6.92 Å². The lowest BCUT2D eigenvalue weighted by molar-refractivity contribution is 0.402. The molecule has 1 rings (SSSR count). The molecule has 0 amide bonds. The third-order valence-corrected chi connectivity index (χ3v) is 1.64. The van der Waals surface area contributed by atoms with E-state index in [2.05, 4.69) is 9.88 Å². The average Bonchev–Trinajstić information content (AvgIpc) is 1.94. The average molecular weight is 165 g/mol. The monoisotopic (exact) mass is 165 g/mol. The Balaban J connectivity index is 2.86. The molecule has 1 heterocycles. The zero-order valence-electron chi connectivity index (χ0n) is 7.83. The molecule has 0 saturated heterocycles. The number of pyridine rings is 1. The Morgan fingerprint density at radius 1 is 1.42 bits per heavy atom. The van der Waals surface area contributed by atoms with Gasteiger partial charge in [0.15, 0.2) is 0 Å². The van der Waals surface area contributed by atoms with Gasteiger partial charge < -0.3 is 10.6 Å². The van der Waals surface area contributed by atoms with Gasteiger partial charge in [0, 0.05) is 17.8 Å². The summed E-state index contributed by atoms with van der Waals surface area (Å²) in [4.78, 5) is 6.25. The molecule has 66 valence electrons. The van der Waals surface area contributed by atoms with Gasteiger partial charge in [-0.2, -0.15) is 0 Å². The van der Waals surface area contributed by atoms with Crippen LogP contribution >= 0.6 is 0 Å². The molecule has 2 N–H and O–H groups in total. The number of hydrogen-bond acceptors (Lipinski definition) is 3. The summed E-state index contributed by atoms with van der Waals surface area (Å²) >= 11 is 0. The molecule has 0 aliphatic heterocycles. The van der Waals surface area contributed by atoms with Crippen LogP contribution in [0.3, 0.4) is 0 Å². The summed E-state index contributed by atoms with van der Waals surface area (Å²) < 4.78 is 0. The van der Waals surface area contributed by atoms with Crippen molar-refractivity contribution in [3.8, 4) is 0 Å². The van der Waals surface area contributed by atoms with Gasteiger partial charge in [-0.05, 0) is 27.1 Å². The van der Waals surface area contributed by atoms with Gasteiger partial charge in [0.05, 0.1) is 0 Å². The van der Waals surface area contributed by atoms with Crippen LogP contribution in [0.4, 0.5) is 5.82 Å². The van der Waals surface area contributed by atoms with Crippen LogP contribution in [-0.2, 0) is 6.54 Å². The topological polar surface area (TPSA) is 42.1 Å². The lowest BCUT2D eigenvalue weighted by atomic mass is 10.2. The Bertz CT molecular complexity index is 268. The van der Waals surface area contributed by atoms with Crippen LogP contribution < -0.4 is 5.73 Å². The van der Waals surface area contributed by atoms with Crippen LogP contribution in [0.15, 0.2) is 12.1 Å². The summed E-state index contributed by atoms with van der Waals surface area (Å²) in [5.74, 6) is 0.642. The number of anilines is 1. The molecule has 0 aliphatic carbocycles. The fraction of sp³-hybridized carbons (Fsp3) is 0.444. The van der Waals surface area contributed by atoms with Crippen LogP contribution in [-0.4, -0.2) is 24.0 Å². The minimum atomic E-state index is 0.642. The number of aromatic nitrogens is 1. The van der Waals surface area contributed by atoms with E-state index in [4.69, 9.17) is 5.73 Å². The van der Waals surface area contributed by atoms with E-state index in [1.807, 2.05) is 33.2 Å². The molecule has 0 aliphatic rings. The molecule has 1 aromatic rings. The smallest absolute Gasteiger partial charge is 0.128 e. The molecule has 0 fully saturated rings. The molecule has 0 bridgehead atoms. The van der Waals surface area contributed by atoms with E-state index in [1.54, 1.807) is 0 Å². The van der Waals surface area contributed by atoms with Crippen molar-refractivity contribution in [1.82, 2.24) is 9.88 Å². The standard InChI is InChI=1S/C9H15N3/c1-7-4-5-8(6-12(2)3)9(10)11-7/h4-5H,6H2,1-3H3,(H2,10,11). The van der Waals surface area contributed by atoms with Gasteiger partial charge in [0.1, 0.15) is 5.82 Å². The highest BCUT2D eigenvalue weighted by atomic mass is 15.1. The zero-order valence-corrected chi connectivity index (χ0v) is 7.83. The second-order valence-corrected chi connectivity index (χ2v) is 3.23. The molecule has 12 heavy (non-hydrogen) atoms. The van der Waals surface area contributed by atoms with E-state index in [0.717, 1.165) is 17.8 Å². The van der Waals surface area contributed by atoms with Gasteiger partial charge in [-0.1, -0.05) is 6.07 Å². The lowest BCUT2D eigenvalue weighted by Crippen LogP contribution is -2.13. The summed E-state index contributed by atoms with van der Waals surface area (Å²) in [7, 11) is 4.03. The summed E-state index contributed by atoms with van der Waals surface area (Å²) in [6, 6.07) is 4.01. The first-order chi connectivity index (χ1) is 5.59. The van der Waals surface area contributed by atoms with Crippen LogP contribution in [0.1, 0.15) is 11.3 Å². The minimum Gasteiger partial charge on any atom is -0.383 e. The second-order valence-electron chi connectivity index (χ2n) is 3.23. The molecule has 0 saturated carbocycles. The van der Waals surface area contributed by atoms with Crippen molar-refractivity contribution in [3.05, 3.63) is 23.4 Å². The predicted molar refractivity (Wildman–Crippen MR) is 50.8 cm³/mol. The molecular formula is C9H15N3. The largest absolute Gasteiger partial charge is 0.383 e. The van der Waals surface area contributed by atoms with E-state index >= 15 is 0 Å². The molecular weight excluding hydrogens is 150 g/mol. The number of nitrogen functional groups attached to an aromatic ring is 1. The quantitative estimate of drug-likeness (QED) is 0.711. The van der Waals surface area contributed by atoms with Gasteiger partial charge in [-0.15, -0.1) is 0 Å². The maximum atomic E-state index is 5.73. The summed E-state index contributed by atoms with van der Waals surface area (Å²) in [6.07, 6.45) is 0. The Morgan fingerprint density at radius 3 is 2.58 bits per heavy atom. The molecule has 3 nitrogen and oxygen atoms in total. The number of nitrogens with two attached hydrogens (primary N) is 1. The van der Waals surface area contributed by atoms with Gasteiger partial charge in [-0.3, -0.25) is 0 Å². The van der Waals surface area contributed by atoms with Crippen molar-refractivity contribution in [2.45, 2.75) is 13.5 Å². The number of rotatable bonds is 2. The molecule has 0 atom stereocenters. The minimum absolute atomic E-state index is 0.642. The van der Waals surface area contributed by atoms with Crippen molar-refractivity contribution in [1.29, 1.82) is 0 Å². The van der Waals surface area contributed by atoms with E-state index in [-0.39, 0.29) is 0 Å². The third-order valence-electron chi connectivity index (χ3n) is 1.64. The van der Waals surface area contributed by atoms with E-state index in [9.17, 15) is 0 Å². The lowest BCUT2D eigenvalue weighted by Gasteiger charge is -2.11. The second kappa shape index (κ2) is 3.54. The molecule has 0 radical (unpaired) electrons. The third kappa shape index (κ3) is 2.20. The van der Waals surface area contributed by atoms with Crippen LogP contribution in [0.5, 0.6) is 0 Å². The SMILES string of the molecule is Cc1ccc(CN(C)C)c(N)n1. The Hall–Kier alpha value is -1.09. The molecule has 0 spiro atoms. The first-order valence-corrected chi connectivity index (χ1v) is 3.96. The highest BCUT2D eigenvalue weighted by Gasteiger charge is 2.00. The van der Waals surface area contributed by atoms with Crippen molar-refractivity contribution in [2.24, 2.45) is 0 Å². The van der Waals surface area contributed by atoms with Crippen LogP contribution in [0.2, 0.25) is 0 Å². The Labute approximate surface area is 73.2 Å². The zero-order chi connectivity index (χ0) is 9.14. The number of hydrogen-bond donors (Lipinski definition) is 1. The van der Waals surface area contributed by atoms with E-state index in [0.29, 0.717) is 5.82 Å². The highest BCUT2D eigenvalue weighted by Crippen LogP contribution is 2.10. The molecule has 1 aromatic heterocycles. The molecule has 0 unspecified atom stereocenters. The fourth-order valence-electron chi connectivity index (χ4n) is 1.08. The first-order valence-electron chi connectivity index (χ1n) is 3.96. The maximum Gasteiger partial charge on any atom is 0.128 e. The summed E-state index contributed by atoms with van der Waals surface area (Å²) in [6.45, 7) is 2.79. The van der Waals surface area contributed by atoms with Crippen molar-refractivity contribution in [3.63, 3.8) is 0 Å². The van der Waals surface area contributed by atoms with Gasteiger partial charge >= 0.3 is 0 Å². The highest BCUT2D eigenvalue weighted by molar-refractivity contribution is 5.39. The molecule has 3 heteroatoms. The fourth-order valence-corrected chi connectivity index (χ4v) is 1.08. The predicted octanol–water partition coefficient (Wildman–Crippen LogP) is 1.03. The normalized spacial score (nSPS) is 10.7. The van der Waals surface area contributed by atoms with E-state index in [1.165, 1.54) is 0 Å². The van der Waals surface area contributed by atoms with Crippen molar-refractivity contribution < 1.29 is 0 Å². The molecule has 0 aromatic carbocycles.